The largest absolute Gasteiger partial charge is 0.497 e. The first-order chi connectivity index (χ1) is 11.7. The molecule has 0 amide bonds. The van der Waals surface area contributed by atoms with E-state index in [-0.39, 0.29) is 12.2 Å². The van der Waals surface area contributed by atoms with Crippen molar-refractivity contribution in [3.8, 4) is 5.75 Å². The standard InChI is InChI=1S/C16H14N4O3S/c1-23-12-4-2-10(3-5-12)8-14-11(6-7-24-14)9-13(21)15(22)16-17-19-20-18-16/h2-7H,8-9H2,1H3,(H,17,18,19,20). The molecule has 3 aromatic rings. The van der Waals surface area contributed by atoms with Gasteiger partial charge in [0.25, 0.3) is 5.78 Å². The topological polar surface area (TPSA) is 97.8 Å². The van der Waals surface area contributed by atoms with E-state index in [1.807, 2.05) is 35.7 Å². The minimum atomic E-state index is -0.731. The smallest absolute Gasteiger partial charge is 0.269 e. The molecule has 0 saturated heterocycles. The summed E-state index contributed by atoms with van der Waals surface area (Å²) >= 11 is 1.56. The summed E-state index contributed by atoms with van der Waals surface area (Å²) < 4.78 is 5.14. The molecule has 0 saturated carbocycles. The van der Waals surface area contributed by atoms with Crippen molar-refractivity contribution in [2.45, 2.75) is 12.8 Å². The van der Waals surface area contributed by atoms with Crippen LogP contribution in [-0.2, 0) is 17.6 Å². The normalized spacial score (nSPS) is 10.5. The quantitative estimate of drug-likeness (QED) is 0.520. The Morgan fingerprint density at radius 1 is 1.21 bits per heavy atom. The van der Waals surface area contributed by atoms with Crippen LogP contribution < -0.4 is 4.74 Å². The molecule has 0 fully saturated rings. The predicted octanol–water partition coefficient (Wildman–Crippen LogP) is 1.86. The van der Waals surface area contributed by atoms with Gasteiger partial charge in [-0.1, -0.05) is 12.1 Å². The zero-order chi connectivity index (χ0) is 16.9. The van der Waals surface area contributed by atoms with Crippen molar-refractivity contribution in [3.63, 3.8) is 0 Å². The van der Waals surface area contributed by atoms with E-state index in [2.05, 4.69) is 20.6 Å². The number of ketones is 2. The van der Waals surface area contributed by atoms with Gasteiger partial charge < -0.3 is 4.74 Å². The molecule has 0 radical (unpaired) electrons. The number of ether oxygens (including phenoxy) is 1. The fourth-order valence-electron chi connectivity index (χ4n) is 2.24. The van der Waals surface area contributed by atoms with Gasteiger partial charge >= 0.3 is 0 Å². The molecule has 0 aliphatic heterocycles. The van der Waals surface area contributed by atoms with Crippen molar-refractivity contribution in [2.24, 2.45) is 0 Å². The number of Topliss-reactive ketones (excluding diaryl/α,β-unsaturated/α-hetero) is 2. The molecular weight excluding hydrogens is 328 g/mol. The predicted molar refractivity (Wildman–Crippen MR) is 87.3 cm³/mol. The van der Waals surface area contributed by atoms with Crippen LogP contribution in [0.1, 0.15) is 26.6 Å². The van der Waals surface area contributed by atoms with E-state index < -0.39 is 11.6 Å². The molecule has 24 heavy (non-hydrogen) atoms. The van der Waals surface area contributed by atoms with Gasteiger partial charge in [-0.2, -0.15) is 5.21 Å². The highest BCUT2D eigenvalue weighted by atomic mass is 32.1. The van der Waals surface area contributed by atoms with Crippen molar-refractivity contribution in [2.75, 3.05) is 7.11 Å². The van der Waals surface area contributed by atoms with Gasteiger partial charge in [-0.05, 0) is 39.9 Å². The van der Waals surface area contributed by atoms with Gasteiger partial charge in [0.2, 0.25) is 11.6 Å². The Morgan fingerprint density at radius 2 is 2.00 bits per heavy atom. The number of tetrazole rings is 1. The maximum absolute atomic E-state index is 12.1. The minimum absolute atomic E-state index is 0.0301. The third-order valence-electron chi connectivity index (χ3n) is 3.51. The van der Waals surface area contributed by atoms with Crippen molar-refractivity contribution in [3.05, 3.63) is 57.5 Å². The third kappa shape index (κ3) is 3.54. The van der Waals surface area contributed by atoms with Crippen LogP contribution in [0, 0.1) is 0 Å². The van der Waals surface area contributed by atoms with Crippen LogP contribution in [0.15, 0.2) is 35.7 Å². The number of thiophene rings is 1. The van der Waals surface area contributed by atoms with Crippen LogP contribution >= 0.6 is 11.3 Å². The fourth-order valence-corrected chi connectivity index (χ4v) is 3.18. The number of nitrogens with zero attached hydrogens (tertiary/aromatic N) is 3. The molecule has 122 valence electrons. The third-order valence-corrected chi connectivity index (χ3v) is 4.48. The highest BCUT2D eigenvalue weighted by molar-refractivity contribution is 7.10. The van der Waals surface area contributed by atoms with E-state index in [4.69, 9.17) is 4.74 Å². The number of aromatic nitrogens is 4. The number of benzene rings is 1. The van der Waals surface area contributed by atoms with Crippen molar-refractivity contribution in [1.29, 1.82) is 0 Å². The summed E-state index contributed by atoms with van der Waals surface area (Å²) in [7, 11) is 1.62. The average molecular weight is 342 g/mol. The van der Waals surface area contributed by atoms with Gasteiger partial charge in [0.05, 0.1) is 7.11 Å². The number of H-pyrrole nitrogens is 1. The van der Waals surface area contributed by atoms with Crippen LogP contribution in [0.3, 0.4) is 0 Å². The summed E-state index contributed by atoms with van der Waals surface area (Å²) in [5, 5.41) is 14.5. The Balaban J connectivity index is 1.70. The molecule has 0 unspecified atom stereocenters. The molecular formula is C16H14N4O3S. The summed E-state index contributed by atoms with van der Waals surface area (Å²) in [6, 6.07) is 9.62. The number of hydrogen-bond acceptors (Lipinski definition) is 7. The number of rotatable bonds is 7. The molecule has 8 heteroatoms. The molecule has 0 spiro atoms. The molecule has 0 aliphatic carbocycles. The van der Waals surface area contributed by atoms with Crippen LogP contribution in [0.5, 0.6) is 5.75 Å². The summed E-state index contributed by atoms with van der Waals surface area (Å²) in [5.74, 6) is -0.686. The number of aromatic amines is 1. The van der Waals surface area contributed by atoms with Crippen molar-refractivity contribution in [1.82, 2.24) is 20.6 Å². The molecule has 1 aromatic carbocycles. The summed E-state index contributed by atoms with van der Waals surface area (Å²) in [5.41, 5.74) is 1.95. The van der Waals surface area contributed by atoms with Crippen LogP contribution in [0.4, 0.5) is 0 Å². The molecule has 0 atom stereocenters. The van der Waals surface area contributed by atoms with Crippen LogP contribution in [-0.4, -0.2) is 39.3 Å². The van der Waals surface area contributed by atoms with Crippen LogP contribution in [0.25, 0.3) is 0 Å². The monoisotopic (exact) mass is 342 g/mol. The molecule has 0 bridgehead atoms. The first-order valence-corrected chi connectivity index (χ1v) is 8.04. The number of carbonyl (C=O) groups excluding carboxylic acids is 2. The number of methoxy groups -OCH3 is 1. The Kier molecular flexibility index (Phi) is 4.76. The molecule has 3 rings (SSSR count). The fraction of sp³-hybridized carbons (Fsp3) is 0.188. The Bertz CT molecular complexity index is 841. The van der Waals surface area contributed by atoms with Crippen molar-refractivity contribution < 1.29 is 14.3 Å². The Labute approximate surface area is 141 Å². The highest BCUT2D eigenvalue weighted by Crippen LogP contribution is 2.23. The van der Waals surface area contributed by atoms with Gasteiger partial charge in [-0.25, -0.2) is 0 Å². The Hall–Kier alpha value is -2.87. The molecule has 2 aromatic heterocycles. The molecule has 2 heterocycles. The van der Waals surface area contributed by atoms with Gasteiger partial charge in [0.1, 0.15) is 5.75 Å². The van der Waals surface area contributed by atoms with E-state index in [1.54, 1.807) is 18.4 Å². The molecule has 0 aliphatic rings. The summed E-state index contributed by atoms with van der Waals surface area (Å²) in [4.78, 5) is 25.1. The average Bonchev–Trinajstić information content (AvgIpc) is 3.27. The maximum atomic E-state index is 12.1. The number of carbonyl (C=O) groups is 2. The first-order valence-electron chi connectivity index (χ1n) is 7.16. The van der Waals surface area contributed by atoms with E-state index in [0.29, 0.717) is 6.42 Å². The summed E-state index contributed by atoms with van der Waals surface area (Å²) in [6.07, 6.45) is 0.725. The van der Waals surface area contributed by atoms with E-state index >= 15 is 0 Å². The van der Waals surface area contributed by atoms with Gasteiger partial charge in [0.15, 0.2) is 0 Å². The second-order valence-corrected chi connectivity index (χ2v) is 6.06. The lowest BCUT2D eigenvalue weighted by molar-refractivity contribution is -0.114. The van der Waals surface area contributed by atoms with Crippen molar-refractivity contribution >= 4 is 22.9 Å². The van der Waals surface area contributed by atoms with E-state index in [1.165, 1.54) is 0 Å². The second-order valence-electron chi connectivity index (χ2n) is 5.06. The number of hydrogen-bond donors (Lipinski definition) is 1. The molecule has 1 N–H and O–H groups in total. The summed E-state index contributed by atoms with van der Waals surface area (Å²) in [6.45, 7) is 0. The zero-order valence-corrected chi connectivity index (χ0v) is 13.7. The lowest BCUT2D eigenvalue weighted by atomic mass is 10.0. The Morgan fingerprint density at radius 3 is 2.67 bits per heavy atom. The van der Waals surface area contributed by atoms with Gasteiger partial charge in [-0.15, -0.1) is 21.5 Å². The number of nitrogens with one attached hydrogen (secondary N) is 1. The first kappa shape index (κ1) is 16.0. The zero-order valence-electron chi connectivity index (χ0n) is 12.9. The lowest BCUT2D eigenvalue weighted by Gasteiger charge is -2.05. The second kappa shape index (κ2) is 7.14. The maximum Gasteiger partial charge on any atom is 0.269 e. The van der Waals surface area contributed by atoms with Gasteiger partial charge in [-0.3, -0.25) is 9.59 Å². The van der Waals surface area contributed by atoms with E-state index in [9.17, 15) is 9.59 Å². The molecule has 7 nitrogen and oxygen atoms in total. The van der Waals surface area contributed by atoms with E-state index in [0.717, 1.165) is 21.8 Å². The van der Waals surface area contributed by atoms with Gasteiger partial charge in [0, 0.05) is 17.7 Å². The SMILES string of the molecule is COc1ccc(Cc2sccc2CC(=O)C(=O)c2nn[nH]n2)cc1. The van der Waals surface area contributed by atoms with Crippen LogP contribution in [0.2, 0.25) is 0 Å². The highest BCUT2D eigenvalue weighted by Gasteiger charge is 2.22. The lowest BCUT2D eigenvalue weighted by Crippen LogP contribution is -2.18. The minimum Gasteiger partial charge on any atom is -0.497 e.